The topological polar surface area (TPSA) is 64.3 Å². The average molecular weight is 308 g/mol. The fraction of sp³-hybridized carbons (Fsp3) is 0.467. The number of imidazole rings is 1. The second-order valence-corrected chi connectivity index (χ2v) is 6.20. The Hall–Kier alpha value is -1.69. The SMILES string of the molecule is COc1cccc2c1nc(SCC(=O)O)n2C(C)C(C)C. The van der Waals surface area contributed by atoms with Gasteiger partial charge in [-0.15, -0.1) is 0 Å². The number of aliphatic carboxylic acids is 1. The van der Waals surface area contributed by atoms with Crippen molar-refractivity contribution in [1.29, 1.82) is 0 Å². The van der Waals surface area contributed by atoms with E-state index in [0.717, 1.165) is 16.2 Å². The van der Waals surface area contributed by atoms with Gasteiger partial charge in [0.05, 0.1) is 18.4 Å². The van der Waals surface area contributed by atoms with E-state index in [4.69, 9.17) is 9.84 Å². The molecule has 0 saturated carbocycles. The summed E-state index contributed by atoms with van der Waals surface area (Å²) in [5, 5.41) is 9.63. The van der Waals surface area contributed by atoms with E-state index in [9.17, 15) is 4.79 Å². The Morgan fingerprint density at radius 2 is 2.14 bits per heavy atom. The lowest BCUT2D eigenvalue weighted by molar-refractivity contribution is -0.133. The number of fused-ring (bicyclic) bond motifs is 1. The van der Waals surface area contributed by atoms with Crippen molar-refractivity contribution in [3.05, 3.63) is 18.2 Å². The number of thioether (sulfide) groups is 1. The highest BCUT2D eigenvalue weighted by Crippen LogP contribution is 2.34. The summed E-state index contributed by atoms with van der Waals surface area (Å²) in [7, 11) is 1.61. The molecule has 0 aliphatic carbocycles. The van der Waals surface area contributed by atoms with Crippen LogP contribution in [0.1, 0.15) is 26.8 Å². The number of rotatable bonds is 6. The molecule has 1 heterocycles. The molecule has 0 aliphatic rings. The lowest BCUT2D eigenvalue weighted by atomic mass is 10.1. The molecule has 0 aliphatic heterocycles. The Bertz CT molecular complexity index is 652. The molecule has 0 bridgehead atoms. The quantitative estimate of drug-likeness (QED) is 0.828. The molecule has 2 rings (SSSR count). The van der Waals surface area contributed by atoms with E-state index < -0.39 is 5.97 Å². The summed E-state index contributed by atoms with van der Waals surface area (Å²) in [5.74, 6) is 0.274. The maximum absolute atomic E-state index is 10.8. The van der Waals surface area contributed by atoms with Crippen molar-refractivity contribution in [2.45, 2.75) is 32.0 Å². The van der Waals surface area contributed by atoms with Crippen LogP contribution in [0.5, 0.6) is 5.75 Å². The van der Waals surface area contributed by atoms with Crippen LogP contribution in [0.3, 0.4) is 0 Å². The Morgan fingerprint density at radius 1 is 1.43 bits per heavy atom. The van der Waals surface area contributed by atoms with Gasteiger partial charge in [-0.2, -0.15) is 0 Å². The molecule has 1 N–H and O–H groups in total. The van der Waals surface area contributed by atoms with Gasteiger partial charge in [0.1, 0.15) is 11.3 Å². The minimum atomic E-state index is -0.845. The van der Waals surface area contributed by atoms with Gasteiger partial charge in [0.15, 0.2) is 5.16 Å². The van der Waals surface area contributed by atoms with Crippen LogP contribution < -0.4 is 4.74 Å². The van der Waals surface area contributed by atoms with Crippen LogP contribution in [-0.4, -0.2) is 33.5 Å². The van der Waals surface area contributed by atoms with Gasteiger partial charge in [-0.25, -0.2) is 4.98 Å². The molecule has 0 spiro atoms. The van der Waals surface area contributed by atoms with Crippen LogP contribution in [-0.2, 0) is 4.79 Å². The number of aromatic nitrogens is 2. The van der Waals surface area contributed by atoms with Gasteiger partial charge in [0.25, 0.3) is 0 Å². The number of hydrogen-bond acceptors (Lipinski definition) is 4. The Balaban J connectivity index is 2.59. The van der Waals surface area contributed by atoms with Crippen molar-refractivity contribution in [1.82, 2.24) is 9.55 Å². The summed E-state index contributed by atoms with van der Waals surface area (Å²) < 4.78 is 7.47. The Labute approximate surface area is 128 Å². The van der Waals surface area contributed by atoms with Gasteiger partial charge >= 0.3 is 5.97 Å². The normalized spacial score (nSPS) is 12.8. The predicted molar refractivity (Wildman–Crippen MR) is 84.2 cm³/mol. The van der Waals surface area contributed by atoms with E-state index in [2.05, 4.69) is 30.3 Å². The van der Waals surface area contributed by atoms with Gasteiger partial charge in [0, 0.05) is 6.04 Å². The average Bonchev–Trinajstić information content (AvgIpc) is 2.82. The van der Waals surface area contributed by atoms with E-state index >= 15 is 0 Å². The molecule has 0 amide bonds. The number of carboxylic acid groups (broad SMARTS) is 1. The number of methoxy groups -OCH3 is 1. The fourth-order valence-electron chi connectivity index (χ4n) is 2.15. The van der Waals surface area contributed by atoms with Crippen LogP contribution in [0.2, 0.25) is 0 Å². The van der Waals surface area contributed by atoms with Crippen LogP contribution >= 0.6 is 11.8 Å². The van der Waals surface area contributed by atoms with E-state index in [1.165, 1.54) is 11.8 Å². The molecule has 21 heavy (non-hydrogen) atoms. The van der Waals surface area contributed by atoms with Gasteiger partial charge in [0.2, 0.25) is 0 Å². The van der Waals surface area contributed by atoms with Gasteiger partial charge in [-0.05, 0) is 25.0 Å². The highest BCUT2D eigenvalue weighted by molar-refractivity contribution is 7.99. The van der Waals surface area contributed by atoms with E-state index in [-0.39, 0.29) is 11.8 Å². The molecule has 1 atom stereocenters. The fourth-order valence-corrected chi connectivity index (χ4v) is 2.97. The number of ether oxygens (including phenoxy) is 1. The highest BCUT2D eigenvalue weighted by Gasteiger charge is 2.21. The summed E-state index contributed by atoms with van der Waals surface area (Å²) in [5.41, 5.74) is 1.75. The minimum Gasteiger partial charge on any atom is -0.494 e. The standard InChI is InChI=1S/C15H20N2O3S/c1-9(2)10(3)17-11-6-5-7-12(20-4)14(11)16-15(17)21-8-13(18)19/h5-7,9-10H,8H2,1-4H3,(H,18,19). The first-order valence-corrected chi connectivity index (χ1v) is 7.83. The van der Waals surface area contributed by atoms with Crippen molar-refractivity contribution in [2.24, 2.45) is 5.92 Å². The smallest absolute Gasteiger partial charge is 0.313 e. The molecule has 2 aromatic rings. The Morgan fingerprint density at radius 3 is 2.71 bits per heavy atom. The summed E-state index contributed by atoms with van der Waals surface area (Å²) in [6, 6.07) is 6.01. The zero-order valence-electron chi connectivity index (χ0n) is 12.7. The number of carbonyl (C=O) groups is 1. The van der Waals surface area contributed by atoms with Crippen molar-refractivity contribution >= 4 is 28.8 Å². The highest BCUT2D eigenvalue weighted by atomic mass is 32.2. The van der Waals surface area contributed by atoms with Crippen LogP contribution in [0.25, 0.3) is 11.0 Å². The maximum atomic E-state index is 10.8. The maximum Gasteiger partial charge on any atom is 0.313 e. The molecule has 6 heteroatoms. The molecule has 5 nitrogen and oxygen atoms in total. The first-order valence-electron chi connectivity index (χ1n) is 6.85. The summed E-state index contributed by atoms with van der Waals surface area (Å²) in [6.45, 7) is 6.40. The van der Waals surface area contributed by atoms with Gasteiger partial charge < -0.3 is 14.4 Å². The summed E-state index contributed by atoms with van der Waals surface area (Å²) in [4.78, 5) is 15.4. The zero-order chi connectivity index (χ0) is 15.6. The predicted octanol–water partition coefficient (Wildman–Crippen LogP) is 3.44. The molecule has 0 radical (unpaired) electrons. The largest absolute Gasteiger partial charge is 0.494 e. The first-order chi connectivity index (χ1) is 9.95. The number of para-hydroxylation sites is 1. The lowest BCUT2D eigenvalue weighted by Gasteiger charge is -2.20. The second kappa shape index (κ2) is 6.39. The molecule has 1 aromatic carbocycles. The summed E-state index contributed by atoms with van der Waals surface area (Å²) in [6.07, 6.45) is 0. The second-order valence-electron chi connectivity index (χ2n) is 5.26. The van der Waals surface area contributed by atoms with Crippen molar-refractivity contribution in [2.75, 3.05) is 12.9 Å². The molecular weight excluding hydrogens is 288 g/mol. The third-order valence-electron chi connectivity index (χ3n) is 3.57. The number of carboxylic acids is 1. The van der Waals surface area contributed by atoms with Gasteiger partial charge in [-0.3, -0.25) is 4.79 Å². The van der Waals surface area contributed by atoms with Crippen LogP contribution in [0.15, 0.2) is 23.4 Å². The van der Waals surface area contributed by atoms with Crippen LogP contribution in [0.4, 0.5) is 0 Å². The van der Waals surface area contributed by atoms with E-state index in [1.807, 2.05) is 18.2 Å². The van der Waals surface area contributed by atoms with Gasteiger partial charge in [-0.1, -0.05) is 31.7 Å². The number of hydrogen-bond donors (Lipinski definition) is 1. The lowest BCUT2D eigenvalue weighted by Crippen LogP contribution is -2.13. The van der Waals surface area contributed by atoms with Crippen molar-refractivity contribution in [3.63, 3.8) is 0 Å². The van der Waals surface area contributed by atoms with Crippen molar-refractivity contribution in [3.8, 4) is 5.75 Å². The molecule has 114 valence electrons. The van der Waals surface area contributed by atoms with E-state index in [0.29, 0.717) is 11.7 Å². The molecule has 0 fully saturated rings. The molecule has 1 aromatic heterocycles. The van der Waals surface area contributed by atoms with E-state index in [1.54, 1.807) is 7.11 Å². The third kappa shape index (κ3) is 3.15. The third-order valence-corrected chi connectivity index (χ3v) is 4.50. The molecular formula is C15H20N2O3S. The zero-order valence-corrected chi connectivity index (χ0v) is 13.5. The monoisotopic (exact) mass is 308 g/mol. The Kier molecular flexibility index (Phi) is 4.77. The molecule has 0 saturated heterocycles. The first kappa shape index (κ1) is 15.7. The minimum absolute atomic E-state index is 0.00352. The number of nitrogens with zero attached hydrogens (tertiary/aromatic N) is 2. The molecule has 1 unspecified atom stereocenters. The van der Waals surface area contributed by atoms with Crippen molar-refractivity contribution < 1.29 is 14.6 Å². The van der Waals surface area contributed by atoms with Crippen LogP contribution in [0, 0.1) is 5.92 Å². The summed E-state index contributed by atoms with van der Waals surface area (Å²) >= 11 is 1.24. The number of benzene rings is 1.